The number of hydrogen-bond acceptors (Lipinski definition) is 5. The number of nitrogens with one attached hydrogen (secondary N) is 2. The highest BCUT2D eigenvalue weighted by molar-refractivity contribution is 7.08. The maximum absolute atomic E-state index is 6.57. The summed E-state index contributed by atoms with van der Waals surface area (Å²) in [4.78, 5) is 7.48. The molecule has 110 valence electrons. The lowest BCUT2D eigenvalue weighted by Crippen LogP contribution is -2.60. The Labute approximate surface area is 131 Å². The number of aromatic nitrogens is 1. The third-order valence-electron chi connectivity index (χ3n) is 3.91. The van der Waals surface area contributed by atoms with Gasteiger partial charge in [0, 0.05) is 28.2 Å². The van der Waals surface area contributed by atoms with Gasteiger partial charge >= 0.3 is 0 Å². The minimum absolute atomic E-state index is 0.348. The molecule has 0 saturated heterocycles. The number of rotatable bonds is 2. The monoisotopic (exact) mass is 309 g/mol. The number of thiophene rings is 1. The molecule has 0 bridgehead atoms. The number of H-pyrrole nitrogens is 1. The summed E-state index contributed by atoms with van der Waals surface area (Å²) >= 11 is 1.63. The molecule has 6 heteroatoms. The SMILES string of the molecule is NC1=NC=C(c2ccsc2)NC1(N)c1ccc2[nH]ccc2c1. The number of fused-ring (bicyclic) bond motifs is 1. The zero-order chi connectivity index (χ0) is 15.2. The molecule has 0 amide bonds. The van der Waals surface area contributed by atoms with Crippen molar-refractivity contribution in [1.82, 2.24) is 10.3 Å². The topological polar surface area (TPSA) is 92.2 Å². The molecule has 0 aliphatic carbocycles. The largest absolute Gasteiger partial charge is 0.384 e. The van der Waals surface area contributed by atoms with Crippen LogP contribution in [0.25, 0.3) is 16.6 Å². The van der Waals surface area contributed by atoms with Gasteiger partial charge in [0.25, 0.3) is 0 Å². The second-order valence-corrected chi connectivity index (χ2v) is 6.06. The minimum Gasteiger partial charge on any atom is -0.384 e. The standard InChI is InChI=1S/C16H15N5S/c17-15-16(18,12-1-2-13-10(7-12)3-5-19-13)21-14(8-20-15)11-4-6-22-9-11/h1-9,19,21H,18H2,(H2,17,20). The molecule has 0 saturated carbocycles. The van der Waals surface area contributed by atoms with Gasteiger partial charge in [-0.05, 0) is 35.0 Å². The lowest BCUT2D eigenvalue weighted by Gasteiger charge is -2.34. The number of aliphatic imine (C=N–C) groups is 1. The number of nitrogens with zero attached hydrogens (tertiary/aromatic N) is 1. The molecule has 6 N–H and O–H groups in total. The Kier molecular flexibility index (Phi) is 2.82. The summed E-state index contributed by atoms with van der Waals surface area (Å²) in [7, 11) is 0. The molecule has 1 aliphatic rings. The Morgan fingerprint density at radius 3 is 2.91 bits per heavy atom. The maximum atomic E-state index is 6.57. The lowest BCUT2D eigenvalue weighted by atomic mass is 9.95. The van der Waals surface area contributed by atoms with Crippen LogP contribution in [0.5, 0.6) is 0 Å². The second-order valence-electron chi connectivity index (χ2n) is 5.28. The van der Waals surface area contributed by atoms with Gasteiger partial charge in [0.15, 0.2) is 5.66 Å². The molecule has 0 fully saturated rings. The summed E-state index contributed by atoms with van der Waals surface area (Å²) < 4.78 is 0. The van der Waals surface area contributed by atoms with E-state index >= 15 is 0 Å². The average Bonchev–Trinajstić information content (AvgIpc) is 3.20. The second kappa shape index (κ2) is 4.72. The zero-order valence-corrected chi connectivity index (χ0v) is 12.5. The van der Waals surface area contributed by atoms with Gasteiger partial charge < -0.3 is 16.0 Å². The fraction of sp³-hybridized carbons (Fsp3) is 0.0625. The van der Waals surface area contributed by atoms with Crippen LogP contribution in [0.2, 0.25) is 0 Å². The van der Waals surface area contributed by atoms with Crippen LogP contribution in [0, 0.1) is 0 Å². The molecule has 1 atom stereocenters. The predicted molar refractivity (Wildman–Crippen MR) is 91.2 cm³/mol. The zero-order valence-electron chi connectivity index (χ0n) is 11.7. The van der Waals surface area contributed by atoms with E-state index in [1.165, 1.54) is 0 Å². The minimum atomic E-state index is -1.02. The van der Waals surface area contributed by atoms with Crippen molar-refractivity contribution in [3.63, 3.8) is 0 Å². The molecular formula is C16H15N5S. The van der Waals surface area contributed by atoms with Crippen molar-refractivity contribution >= 4 is 33.8 Å². The summed E-state index contributed by atoms with van der Waals surface area (Å²) in [6.45, 7) is 0. The summed E-state index contributed by atoms with van der Waals surface area (Å²) in [5, 5.41) is 8.49. The Bertz CT molecular complexity index is 890. The molecule has 0 spiro atoms. The summed E-state index contributed by atoms with van der Waals surface area (Å²) in [5.74, 6) is 0.348. The van der Waals surface area contributed by atoms with E-state index in [9.17, 15) is 0 Å². The third-order valence-corrected chi connectivity index (χ3v) is 4.59. The van der Waals surface area contributed by atoms with E-state index in [1.54, 1.807) is 17.5 Å². The molecule has 5 nitrogen and oxygen atoms in total. The quantitative estimate of drug-likeness (QED) is 0.585. The van der Waals surface area contributed by atoms with Crippen LogP contribution in [0.4, 0.5) is 0 Å². The lowest BCUT2D eigenvalue weighted by molar-refractivity contribution is 0.538. The van der Waals surface area contributed by atoms with Crippen molar-refractivity contribution in [1.29, 1.82) is 0 Å². The highest BCUT2D eigenvalue weighted by Gasteiger charge is 2.35. The molecule has 3 aromatic rings. The van der Waals surface area contributed by atoms with Crippen LogP contribution < -0.4 is 16.8 Å². The van der Waals surface area contributed by atoms with E-state index in [2.05, 4.69) is 15.3 Å². The summed E-state index contributed by atoms with van der Waals surface area (Å²) in [6, 6.07) is 10.0. The van der Waals surface area contributed by atoms with Crippen LogP contribution >= 0.6 is 11.3 Å². The fourth-order valence-electron chi connectivity index (χ4n) is 2.63. The van der Waals surface area contributed by atoms with Gasteiger partial charge in [-0.2, -0.15) is 11.3 Å². The first-order valence-electron chi connectivity index (χ1n) is 6.88. The van der Waals surface area contributed by atoms with Crippen molar-refractivity contribution in [3.05, 3.63) is 64.6 Å². The number of amidine groups is 1. The molecule has 2 aromatic heterocycles. The van der Waals surface area contributed by atoms with Gasteiger partial charge in [-0.3, -0.25) is 5.73 Å². The van der Waals surface area contributed by atoms with Gasteiger partial charge in [0.05, 0.1) is 11.9 Å². The number of nitrogens with two attached hydrogens (primary N) is 2. The molecular weight excluding hydrogens is 294 g/mol. The van der Waals surface area contributed by atoms with Crippen molar-refractivity contribution in [2.75, 3.05) is 0 Å². The van der Waals surface area contributed by atoms with Crippen LogP contribution in [-0.4, -0.2) is 10.8 Å². The van der Waals surface area contributed by atoms with Crippen molar-refractivity contribution in [2.24, 2.45) is 16.5 Å². The van der Waals surface area contributed by atoms with E-state index in [0.717, 1.165) is 27.7 Å². The van der Waals surface area contributed by atoms with Gasteiger partial charge in [0.2, 0.25) is 0 Å². The number of benzene rings is 1. The first-order chi connectivity index (χ1) is 10.7. The first-order valence-corrected chi connectivity index (χ1v) is 7.82. The molecule has 4 rings (SSSR count). The van der Waals surface area contributed by atoms with Crippen LogP contribution in [0.1, 0.15) is 11.1 Å². The summed E-state index contributed by atoms with van der Waals surface area (Å²) in [6.07, 6.45) is 3.62. The third kappa shape index (κ3) is 1.93. The summed E-state index contributed by atoms with van der Waals surface area (Å²) in [5.41, 5.74) is 15.5. The van der Waals surface area contributed by atoms with Gasteiger partial charge in [-0.15, -0.1) is 0 Å². The van der Waals surface area contributed by atoms with Gasteiger partial charge in [0.1, 0.15) is 5.84 Å². The predicted octanol–water partition coefficient (Wildman–Crippen LogP) is 2.30. The van der Waals surface area contributed by atoms with Crippen molar-refractivity contribution in [3.8, 4) is 0 Å². The van der Waals surface area contributed by atoms with E-state index in [4.69, 9.17) is 11.5 Å². The van der Waals surface area contributed by atoms with E-state index < -0.39 is 5.66 Å². The average molecular weight is 309 g/mol. The first kappa shape index (κ1) is 13.1. The number of hydrogen-bond donors (Lipinski definition) is 4. The van der Waals surface area contributed by atoms with Gasteiger partial charge in [-0.1, -0.05) is 6.07 Å². The van der Waals surface area contributed by atoms with Crippen LogP contribution in [0.3, 0.4) is 0 Å². The molecule has 0 radical (unpaired) electrons. The smallest absolute Gasteiger partial charge is 0.171 e. The Hall–Kier alpha value is -2.57. The van der Waals surface area contributed by atoms with Crippen molar-refractivity contribution in [2.45, 2.75) is 5.66 Å². The molecule has 1 unspecified atom stereocenters. The van der Waals surface area contributed by atoms with Crippen molar-refractivity contribution < 1.29 is 0 Å². The molecule has 22 heavy (non-hydrogen) atoms. The van der Waals surface area contributed by atoms with Crippen LogP contribution in [0.15, 0.2) is 58.5 Å². The van der Waals surface area contributed by atoms with Crippen LogP contribution in [-0.2, 0) is 5.66 Å². The van der Waals surface area contributed by atoms with E-state index in [-0.39, 0.29) is 0 Å². The highest BCUT2D eigenvalue weighted by atomic mass is 32.1. The van der Waals surface area contributed by atoms with E-state index in [1.807, 2.05) is 47.3 Å². The normalized spacial score (nSPS) is 21.3. The highest BCUT2D eigenvalue weighted by Crippen LogP contribution is 2.27. The molecule has 1 aromatic carbocycles. The fourth-order valence-corrected chi connectivity index (χ4v) is 3.28. The molecule has 1 aliphatic heterocycles. The number of aromatic amines is 1. The van der Waals surface area contributed by atoms with E-state index in [0.29, 0.717) is 5.84 Å². The Morgan fingerprint density at radius 2 is 2.09 bits per heavy atom. The Morgan fingerprint density at radius 1 is 1.18 bits per heavy atom. The maximum Gasteiger partial charge on any atom is 0.171 e. The van der Waals surface area contributed by atoms with Gasteiger partial charge in [-0.25, -0.2) is 4.99 Å². The Balaban J connectivity index is 1.79. The molecule has 3 heterocycles.